The van der Waals surface area contributed by atoms with E-state index in [0.29, 0.717) is 17.7 Å². The molecule has 5 heteroatoms. The van der Waals surface area contributed by atoms with E-state index in [-0.39, 0.29) is 0 Å². The predicted octanol–water partition coefficient (Wildman–Crippen LogP) is 1.51. The van der Waals surface area contributed by atoms with Crippen LogP contribution in [-0.2, 0) is 4.74 Å². The first-order valence-corrected chi connectivity index (χ1v) is 5.40. The van der Waals surface area contributed by atoms with Gasteiger partial charge in [0.05, 0.1) is 0 Å². The maximum Gasteiger partial charge on any atom is 0.134 e. The minimum Gasteiger partial charge on any atom is -0.385 e. The van der Waals surface area contributed by atoms with E-state index in [2.05, 4.69) is 22.2 Å². The number of ether oxygens (including phenoxy) is 1. The predicted molar refractivity (Wildman–Crippen MR) is 65.5 cm³/mol. The molecule has 16 heavy (non-hydrogen) atoms. The molecule has 0 aliphatic carbocycles. The third kappa shape index (κ3) is 3.34. The van der Waals surface area contributed by atoms with Gasteiger partial charge in [0.25, 0.3) is 0 Å². The Hall–Kier alpha value is -1.36. The molecule has 1 heterocycles. The average molecular weight is 224 g/mol. The van der Waals surface area contributed by atoms with Gasteiger partial charge in [-0.25, -0.2) is 9.97 Å². The number of aryl methyl sites for hydroxylation is 1. The summed E-state index contributed by atoms with van der Waals surface area (Å²) in [5, 5.41) is 3.32. The van der Waals surface area contributed by atoms with Crippen molar-refractivity contribution in [2.75, 3.05) is 24.8 Å². The molecule has 1 rings (SSSR count). The molecule has 1 aromatic heterocycles. The van der Waals surface area contributed by atoms with Crippen molar-refractivity contribution >= 4 is 11.6 Å². The smallest absolute Gasteiger partial charge is 0.134 e. The summed E-state index contributed by atoms with van der Waals surface area (Å²) in [6.45, 7) is 6.57. The first kappa shape index (κ1) is 12.7. The van der Waals surface area contributed by atoms with Gasteiger partial charge in [-0.05, 0) is 27.2 Å². The zero-order valence-corrected chi connectivity index (χ0v) is 10.4. The van der Waals surface area contributed by atoms with Crippen LogP contribution in [0.5, 0.6) is 0 Å². The number of nitrogen functional groups attached to an aromatic ring is 1. The Morgan fingerprint density at radius 1 is 1.38 bits per heavy atom. The maximum atomic E-state index is 5.78. The topological polar surface area (TPSA) is 73.1 Å². The minimum absolute atomic E-state index is 0.298. The molecule has 0 saturated heterocycles. The van der Waals surface area contributed by atoms with E-state index in [0.717, 1.165) is 24.4 Å². The normalized spacial score (nSPS) is 12.5. The fourth-order valence-electron chi connectivity index (χ4n) is 1.39. The van der Waals surface area contributed by atoms with E-state index in [4.69, 9.17) is 10.5 Å². The van der Waals surface area contributed by atoms with Crippen LogP contribution in [0.1, 0.15) is 24.7 Å². The van der Waals surface area contributed by atoms with Crippen LogP contribution in [0.25, 0.3) is 0 Å². The van der Waals surface area contributed by atoms with Crippen LogP contribution >= 0.6 is 0 Å². The van der Waals surface area contributed by atoms with Crippen molar-refractivity contribution in [3.05, 3.63) is 11.4 Å². The molecule has 1 atom stereocenters. The van der Waals surface area contributed by atoms with Gasteiger partial charge < -0.3 is 15.8 Å². The highest BCUT2D eigenvalue weighted by Crippen LogP contribution is 2.18. The first-order valence-electron chi connectivity index (χ1n) is 5.40. The highest BCUT2D eigenvalue weighted by atomic mass is 16.5. The maximum absolute atomic E-state index is 5.78. The summed E-state index contributed by atoms with van der Waals surface area (Å²) in [5.74, 6) is 2.03. The van der Waals surface area contributed by atoms with Gasteiger partial charge in [0.1, 0.15) is 17.5 Å². The molecule has 1 unspecified atom stereocenters. The van der Waals surface area contributed by atoms with Crippen molar-refractivity contribution in [2.24, 2.45) is 0 Å². The van der Waals surface area contributed by atoms with Crippen molar-refractivity contribution in [2.45, 2.75) is 33.2 Å². The zero-order valence-electron chi connectivity index (χ0n) is 10.4. The molecule has 0 aliphatic heterocycles. The molecule has 0 aliphatic rings. The number of nitrogens with one attached hydrogen (secondary N) is 1. The van der Waals surface area contributed by atoms with Gasteiger partial charge in [-0.2, -0.15) is 0 Å². The average Bonchev–Trinajstić information content (AvgIpc) is 2.22. The van der Waals surface area contributed by atoms with E-state index in [1.165, 1.54) is 0 Å². The molecule has 1 aromatic rings. The van der Waals surface area contributed by atoms with Gasteiger partial charge in [-0.1, -0.05) is 0 Å². The lowest BCUT2D eigenvalue weighted by Crippen LogP contribution is -2.19. The number of aromatic nitrogens is 2. The van der Waals surface area contributed by atoms with Gasteiger partial charge in [-0.15, -0.1) is 0 Å². The Morgan fingerprint density at radius 2 is 2.06 bits per heavy atom. The number of nitrogens with two attached hydrogens (primary N) is 1. The summed E-state index contributed by atoms with van der Waals surface area (Å²) in [7, 11) is 1.70. The Kier molecular flexibility index (Phi) is 4.49. The lowest BCUT2D eigenvalue weighted by atomic mass is 10.2. The van der Waals surface area contributed by atoms with Crippen molar-refractivity contribution in [1.82, 2.24) is 9.97 Å². The molecular formula is C11H20N4O. The van der Waals surface area contributed by atoms with Crippen molar-refractivity contribution < 1.29 is 4.74 Å². The van der Waals surface area contributed by atoms with E-state index in [1.807, 2.05) is 13.8 Å². The third-order valence-electron chi connectivity index (χ3n) is 2.43. The summed E-state index contributed by atoms with van der Waals surface area (Å²) >= 11 is 0. The van der Waals surface area contributed by atoms with Crippen LogP contribution < -0.4 is 11.1 Å². The fraction of sp³-hybridized carbons (Fsp3) is 0.636. The Morgan fingerprint density at radius 3 is 2.69 bits per heavy atom. The monoisotopic (exact) mass is 224 g/mol. The molecule has 0 radical (unpaired) electrons. The summed E-state index contributed by atoms with van der Waals surface area (Å²) in [6, 6.07) is 0.298. The molecule has 0 fully saturated rings. The van der Waals surface area contributed by atoms with E-state index in [1.54, 1.807) is 7.11 Å². The van der Waals surface area contributed by atoms with Crippen molar-refractivity contribution in [3.63, 3.8) is 0 Å². The zero-order chi connectivity index (χ0) is 12.1. The van der Waals surface area contributed by atoms with Gasteiger partial charge in [-0.3, -0.25) is 0 Å². The van der Waals surface area contributed by atoms with Crippen LogP contribution in [0.3, 0.4) is 0 Å². The molecule has 0 saturated carbocycles. The summed E-state index contributed by atoms with van der Waals surface area (Å²) in [4.78, 5) is 8.44. The third-order valence-corrected chi connectivity index (χ3v) is 2.43. The fourth-order valence-corrected chi connectivity index (χ4v) is 1.39. The number of rotatable bonds is 5. The number of nitrogens with zero attached hydrogens (tertiary/aromatic N) is 2. The largest absolute Gasteiger partial charge is 0.385 e. The Bertz CT molecular complexity index is 354. The molecule has 0 spiro atoms. The van der Waals surface area contributed by atoms with Crippen molar-refractivity contribution in [1.29, 1.82) is 0 Å². The van der Waals surface area contributed by atoms with Crippen LogP contribution in [0.2, 0.25) is 0 Å². The Balaban J connectivity index is 2.72. The van der Waals surface area contributed by atoms with Crippen LogP contribution in [0.4, 0.5) is 11.6 Å². The molecular weight excluding hydrogens is 204 g/mol. The first-order chi connectivity index (χ1) is 7.54. The van der Waals surface area contributed by atoms with Gasteiger partial charge >= 0.3 is 0 Å². The molecule has 5 nitrogen and oxygen atoms in total. The number of anilines is 2. The number of hydrogen-bond acceptors (Lipinski definition) is 5. The van der Waals surface area contributed by atoms with E-state index >= 15 is 0 Å². The van der Waals surface area contributed by atoms with Gasteiger partial charge in [0.15, 0.2) is 0 Å². The van der Waals surface area contributed by atoms with E-state index in [9.17, 15) is 0 Å². The highest BCUT2D eigenvalue weighted by molar-refractivity contribution is 5.55. The van der Waals surface area contributed by atoms with Crippen LogP contribution in [0.15, 0.2) is 0 Å². The molecule has 0 amide bonds. The standard InChI is InChI=1S/C11H20N4O/c1-7(5-6-16-4)13-11-8(2)10(12)14-9(3)15-11/h7H,5-6H2,1-4H3,(H3,12,13,14,15). The molecule has 0 aromatic carbocycles. The van der Waals surface area contributed by atoms with Gasteiger partial charge in [0.2, 0.25) is 0 Å². The second kappa shape index (κ2) is 5.65. The van der Waals surface area contributed by atoms with Crippen LogP contribution in [-0.4, -0.2) is 29.7 Å². The molecule has 3 N–H and O–H groups in total. The van der Waals surface area contributed by atoms with Crippen molar-refractivity contribution in [3.8, 4) is 0 Å². The lowest BCUT2D eigenvalue weighted by molar-refractivity contribution is 0.191. The second-order valence-electron chi connectivity index (χ2n) is 3.96. The lowest BCUT2D eigenvalue weighted by Gasteiger charge is -2.16. The quantitative estimate of drug-likeness (QED) is 0.793. The molecule has 0 bridgehead atoms. The van der Waals surface area contributed by atoms with E-state index < -0.39 is 0 Å². The number of methoxy groups -OCH3 is 1. The Labute approximate surface area is 96.4 Å². The summed E-state index contributed by atoms with van der Waals surface area (Å²) in [6.07, 6.45) is 0.929. The molecule has 90 valence electrons. The second-order valence-corrected chi connectivity index (χ2v) is 3.96. The SMILES string of the molecule is COCCC(C)Nc1nc(C)nc(N)c1C. The number of hydrogen-bond donors (Lipinski definition) is 2. The summed E-state index contributed by atoms with van der Waals surface area (Å²) < 4.78 is 5.03. The summed E-state index contributed by atoms with van der Waals surface area (Å²) in [5.41, 5.74) is 6.68. The van der Waals surface area contributed by atoms with Gasteiger partial charge in [0, 0.05) is 25.3 Å². The minimum atomic E-state index is 0.298. The highest BCUT2D eigenvalue weighted by Gasteiger charge is 2.09. The van der Waals surface area contributed by atoms with Crippen LogP contribution in [0, 0.1) is 13.8 Å².